The first-order valence-electron chi connectivity index (χ1n) is 15.3. The highest BCUT2D eigenvalue weighted by atomic mass is 16.4. The summed E-state index contributed by atoms with van der Waals surface area (Å²) in [4.78, 5) is 43.5. The Balaban J connectivity index is 0.000000197. The van der Waals surface area contributed by atoms with Gasteiger partial charge >= 0.3 is 12.0 Å². The summed E-state index contributed by atoms with van der Waals surface area (Å²) in [6.45, 7) is 13.9. The van der Waals surface area contributed by atoms with E-state index in [9.17, 15) is 19.5 Å². The van der Waals surface area contributed by atoms with Crippen molar-refractivity contribution in [2.75, 3.05) is 50.1 Å². The van der Waals surface area contributed by atoms with Gasteiger partial charge in [-0.15, -0.1) is 0 Å². The number of urea groups is 1. The van der Waals surface area contributed by atoms with Gasteiger partial charge in [0.25, 0.3) is 5.91 Å². The van der Waals surface area contributed by atoms with Gasteiger partial charge in [-0.25, -0.2) is 4.79 Å². The SMILES string of the molecule is CC(C)c1ccccc1N1CCC(C)(C(=O)O)CC1.CC(C)c1ccccc1N1CCC2(CC1)C(=O)N(C)C(=O)N2C. The molecule has 3 amide bonds. The molecule has 0 bridgehead atoms. The van der Waals surface area contributed by atoms with Crippen molar-refractivity contribution in [1.29, 1.82) is 0 Å². The molecule has 0 aliphatic carbocycles. The number of hydrogen-bond acceptors (Lipinski definition) is 5. The van der Waals surface area contributed by atoms with Crippen molar-refractivity contribution in [3.8, 4) is 0 Å². The monoisotopic (exact) mass is 576 g/mol. The van der Waals surface area contributed by atoms with Crippen molar-refractivity contribution in [2.45, 2.75) is 77.7 Å². The highest BCUT2D eigenvalue weighted by Gasteiger charge is 2.55. The number of likely N-dealkylation sites (N-methyl/N-ethyl adjacent to an activating group) is 2. The number of aliphatic carboxylic acids is 1. The molecule has 0 saturated carbocycles. The average Bonchev–Trinajstić information content (AvgIpc) is 3.14. The summed E-state index contributed by atoms with van der Waals surface area (Å²) >= 11 is 0. The minimum atomic E-state index is -0.663. The molecule has 228 valence electrons. The van der Waals surface area contributed by atoms with Crippen LogP contribution in [-0.4, -0.2) is 78.6 Å². The van der Waals surface area contributed by atoms with Crippen LogP contribution in [0.2, 0.25) is 0 Å². The molecule has 3 aliphatic heterocycles. The summed E-state index contributed by atoms with van der Waals surface area (Å²) in [5, 5.41) is 9.28. The number of amides is 3. The third kappa shape index (κ3) is 5.86. The Morgan fingerprint density at radius 1 is 0.738 bits per heavy atom. The van der Waals surface area contributed by atoms with Crippen LogP contribution in [0.25, 0.3) is 0 Å². The van der Waals surface area contributed by atoms with Crippen molar-refractivity contribution in [1.82, 2.24) is 9.80 Å². The van der Waals surface area contributed by atoms with E-state index in [1.54, 1.807) is 19.0 Å². The fraction of sp³-hybridized carbons (Fsp3) is 0.559. The number of imide groups is 1. The number of benzene rings is 2. The molecule has 0 radical (unpaired) electrons. The number of hydrogen-bond donors (Lipinski definition) is 1. The van der Waals surface area contributed by atoms with E-state index >= 15 is 0 Å². The Morgan fingerprint density at radius 3 is 1.50 bits per heavy atom. The van der Waals surface area contributed by atoms with Crippen molar-refractivity contribution in [3.63, 3.8) is 0 Å². The average molecular weight is 577 g/mol. The maximum absolute atomic E-state index is 12.6. The predicted molar refractivity (Wildman–Crippen MR) is 168 cm³/mol. The second-order valence-electron chi connectivity index (χ2n) is 13.0. The fourth-order valence-corrected chi connectivity index (χ4v) is 6.60. The lowest BCUT2D eigenvalue weighted by molar-refractivity contribution is -0.149. The molecule has 8 heteroatoms. The smallest absolute Gasteiger partial charge is 0.327 e. The van der Waals surface area contributed by atoms with Gasteiger partial charge in [-0.05, 0) is 67.7 Å². The molecule has 3 heterocycles. The molecule has 42 heavy (non-hydrogen) atoms. The van der Waals surface area contributed by atoms with Crippen molar-refractivity contribution in [2.24, 2.45) is 5.41 Å². The van der Waals surface area contributed by atoms with Crippen LogP contribution in [0.5, 0.6) is 0 Å². The van der Waals surface area contributed by atoms with Gasteiger partial charge in [0.05, 0.1) is 5.41 Å². The maximum Gasteiger partial charge on any atom is 0.327 e. The maximum atomic E-state index is 12.6. The zero-order chi connectivity index (χ0) is 30.8. The van der Waals surface area contributed by atoms with E-state index in [1.165, 1.54) is 27.4 Å². The minimum Gasteiger partial charge on any atom is -0.481 e. The van der Waals surface area contributed by atoms with Crippen LogP contribution in [0.15, 0.2) is 48.5 Å². The standard InChI is InChI=1S/C18H25N3O2.C16H23NO2/c1-13(2)14-7-5-6-8-15(14)21-11-9-18(10-12-21)16(22)19(3)17(23)20(18)4;1-12(2)13-6-4-5-7-14(13)17-10-8-16(3,9-11-17)15(18)19/h5-8,13H,9-12H2,1-4H3;4-7,12H,8-11H2,1-3H3,(H,18,19). The number of rotatable bonds is 5. The molecule has 3 aliphatic rings. The van der Waals surface area contributed by atoms with Crippen LogP contribution >= 0.6 is 0 Å². The van der Waals surface area contributed by atoms with Crippen LogP contribution in [0.3, 0.4) is 0 Å². The molecule has 0 aromatic heterocycles. The van der Waals surface area contributed by atoms with Crippen LogP contribution < -0.4 is 9.80 Å². The first kappa shape index (κ1) is 31.4. The second kappa shape index (κ2) is 12.4. The Bertz CT molecular complexity index is 1290. The fourth-order valence-electron chi connectivity index (χ4n) is 6.60. The van der Waals surface area contributed by atoms with E-state index in [0.717, 1.165) is 39.0 Å². The number of carboxylic acids is 1. The topological polar surface area (TPSA) is 84.4 Å². The lowest BCUT2D eigenvalue weighted by Gasteiger charge is -2.42. The van der Waals surface area contributed by atoms with E-state index in [1.807, 2.05) is 6.92 Å². The van der Waals surface area contributed by atoms with Gasteiger partial charge in [-0.1, -0.05) is 64.1 Å². The van der Waals surface area contributed by atoms with Crippen molar-refractivity contribution >= 4 is 29.3 Å². The summed E-state index contributed by atoms with van der Waals surface area (Å²) in [5.41, 5.74) is 4.01. The predicted octanol–water partition coefficient (Wildman–Crippen LogP) is 6.17. The Hall–Kier alpha value is -3.55. The number of carbonyl (C=O) groups excluding carboxylic acids is 2. The van der Waals surface area contributed by atoms with Gasteiger partial charge in [0.2, 0.25) is 0 Å². The van der Waals surface area contributed by atoms with Crippen LogP contribution in [0, 0.1) is 5.41 Å². The van der Waals surface area contributed by atoms with Gasteiger partial charge in [-0.3, -0.25) is 14.5 Å². The van der Waals surface area contributed by atoms with E-state index in [4.69, 9.17) is 0 Å². The summed E-state index contributed by atoms with van der Waals surface area (Å²) in [6, 6.07) is 16.7. The molecule has 3 saturated heterocycles. The van der Waals surface area contributed by atoms with Crippen molar-refractivity contribution in [3.05, 3.63) is 59.7 Å². The molecule has 3 fully saturated rings. The molecule has 5 rings (SSSR count). The molecule has 0 atom stereocenters. The van der Waals surface area contributed by atoms with E-state index in [0.29, 0.717) is 24.7 Å². The summed E-state index contributed by atoms with van der Waals surface area (Å²) in [6.07, 6.45) is 2.80. The van der Waals surface area contributed by atoms with Crippen molar-refractivity contribution < 1.29 is 19.5 Å². The van der Waals surface area contributed by atoms with Gasteiger partial charge in [0.1, 0.15) is 5.54 Å². The molecule has 0 unspecified atom stereocenters. The third-order valence-electron chi connectivity index (χ3n) is 9.69. The Morgan fingerprint density at radius 2 is 1.14 bits per heavy atom. The number of para-hydroxylation sites is 2. The van der Waals surface area contributed by atoms with Crippen LogP contribution in [-0.2, 0) is 9.59 Å². The van der Waals surface area contributed by atoms with E-state index in [-0.39, 0.29) is 11.9 Å². The first-order chi connectivity index (χ1) is 19.8. The van der Waals surface area contributed by atoms with E-state index in [2.05, 4.69) is 86.0 Å². The summed E-state index contributed by atoms with van der Waals surface area (Å²) in [5.74, 6) is 0.237. The third-order valence-corrected chi connectivity index (χ3v) is 9.69. The highest BCUT2D eigenvalue weighted by molar-refractivity contribution is 6.06. The van der Waals surface area contributed by atoms with Gasteiger partial charge in [0, 0.05) is 51.6 Å². The molecule has 1 spiro atoms. The lowest BCUT2D eigenvalue weighted by Crippen LogP contribution is -2.55. The zero-order valence-electron chi connectivity index (χ0n) is 26.4. The molecule has 1 N–H and O–H groups in total. The largest absolute Gasteiger partial charge is 0.481 e. The molecule has 2 aromatic carbocycles. The second-order valence-corrected chi connectivity index (χ2v) is 13.0. The molecule has 8 nitrogen and oxygen atoms in total. The Kier molecular flexibility index (Phi) is 9.24. The van der Waals surface area contributed by atoms with E-state index < -0.39 is 16.9 Å². The quantitative estimate of drug-likeness (QED) is 0.429. The number of anilines is 2. The summed E-state index contributed by atoms with van der Waals surface area (Å²) in [7, 11) is 3.33. The van der Waals surface area contributed by atoms with Gasteiger partial charge in [-0.2, -0.15) is 0 Å². The van der Waals surface area contributed by atoms with Crippen LogP contribution in [0.4, 0.5) is 16.2 Å². The number of piperidine rings is 2. The van der Waals surface area contributed by atoms with Gasteiger partial charge in [0.15, 0.2) is 0 Å². The first-order valence-corrected chi connectivity index (χ1v) is 15.3. The lowest BCUT2D eigenvalue weighted by atomic mass is 9.80. The van der Waals surface area contributed by atoms with Crippen LogP contribution in [0.1, 0.15) is 83.3 Å². The minimum absolute atomic E-state index is 0.0539. The van der Waals surface area contributed by atoms with Gasteiger partial charge < -0.3 is 19.8 Å². The number of carbonyl (C=O) groups is 3. The molecular weight excluding hydrogens is 528 g/mol. The molecular formula is C34H48N4O4. The normalized spacial score (nSPS) is 19.9. The number of nitrogens with zero attached hydrogens (tertiary/aromatic N) is 4. The Labute approximate surface area is 251 Å². The molecule has 2 aromatic rings. The summed E-state index contributed by atoms with van der Waals surface area (Å²) < 4.78 is 0. The zero-order valence-corrected chi connectivity index (χ0v) is 26.4. The number of carboxylic acid groups (broad SMARTS) is 1. The highest BCUT2D eigenvalue weighted by Crippen LogP contribution is 2.39.